The van der Waals surface area contributed by atoms with Gasteiger partial charge < -0.3 is 10.2 Å². The van der Waals surface area contributed by atoms with Crippen LogP contribution in [0.1, 0.15) is 49.7 Å². The Morgan fingerprint density at radius 2 is 1.74 bits per heavy atom. The van der Waals surface area contributed by atoms with E-state index in [1.165, 1.54) is 12.3 Å². The Hall–Kier alpha value is -2.28. The molecule has 1 aromatic carbocycles. The van der Waals surface area contributed by atoms with Gasteiger partial charge in [0.25, 0.3) is 0 Å². The number of halogens is 4. The molecule has 5 rings (SSSR count). The number of pyridine rings is 1. The number of piperidine rings is 1. The zero-order valence-corrected chi connectivity index (χ0v) is 17.6. The SMILES string of the molecule is O=C(NC1C[C@H]2CC[C@@H](C1)N2c1ncccc1C(F)(F)F)C1(c2ccc(Cl)cc2)CC1. The summed E-state index contributed by atoms with van der Waals surface area (Å²) in [6.45, 7) is 0. The van der Waals surface area contributed by atoms with Crippen molar-refractivity contribution in [3.05, 3.63) is 58.7 Å². The Kier molecular flexibility index (Phi) is 4.92. The highest BCUT2D eigenvalue weighted by Gasteiger charge is 2.53. The predicted octanol–water partition coefficient (Wildman–Crippen LogP) is 5.10. The molecule has 1 aliphatic carbocycles. The van der Waals surface area contributed by atoms with Crippen LogP contribution in [0.5, 0.6) is 0 Å². The highest BCUT2D eigenvalue weighted by Crippen LogP contribution is 2.49. The zero-order valence-electron chi connectivity index (χ0n) is 16.8. The second-order valence-electron chi connectivity index (χ2n) is 8.90. The van der Waals surface area contributed by atoms with Crippen LogP contribution >= 0.6 is 11.6 Å². The maximum Gasteiger partial charge on any atom is 0.419 e. The molecule has 8 heteroatoms. The second-order valence-corrected chi connectivity index (χ2v) is 9.33. The summed E-state index contributed by atoms with van der Waals surface area (Å²) in [7, 11) is 0. The van der Waals surface area contributed by atoms with Gasteiger partial charge in [-0.3, -0.25) is 4.79 Å². The topological polar surface area (TPSA) is 45.2 Å². The molecular weight excluding hydrogens is 427 g/mol. The first kappa shape index (κ1) is 20.6. The summed E-state index contributed by atoms with van der Waals surface area (Å²) < 4.78 is 40.6. The minimum Gasteiger partial charge on any atom is -0.352 e. The van der Waals surface area contributed by atoms with Gasteiger partial charge in [0.1, 0.15) is 5.82 Å². The van der Waals surface area contributed by atoms with E-state index in [0.717, 1.165) is 37.3 Å². The lowest BCUT2D eigenvalue weighted by Crippen LogP contribution is -2.52. The van der Waals surface area contributed by atoms with E-state index < -0.39 is 17.2 Å². The van der Waals surface area contributed by atoms with Crippen LogP contribution in [0.25, 0.3) is 0 Å². The molecule has 0 radical (unpaired) electrons. The molecule has 3 atom stereocenters. The van der Waals surface area contributed by atoms with Gasteiger partial charge >= 0.3 is 6.18 Å². The van der Waals surface area contributed by atoms with Crippen molar-refractivity contribution in [2.75, 3.05) is 4.90 Å². The third-order valence-electron chi connectivity index (χ3n) is 6.99. The number of rotatable bonds is 4. The largest absolute Gasteiger partial charge is 0.419 e. The fourth-order valence-corrected chi connectivity index (χ4v) is 5.45. The van der Waals surface area contributed by atoms with E-state index in [4.69, 9.17) is 11.6 Å². The molecule has 4 nitrogen and oxygen atoms in total. The summed E-state index contributed by atoms with van der Waals surface area (Å²) in [6.07, 6.45) is 1.47. The van der Waals surface area contributed by atoms with Crippen LogP contribution in [0.3, 0.4) is 0 Å². The van der Waals surface area contributed by atoms with Crippen LogP contribution in [0, 0.1) is 0 Å². The highest BCUT2D eigenvalue weighted by molar-refractivity contribution is 6.30. The van der Waals surface area contributed by atoms with Crippen LogP contribution in [0.4, 0.5) is 19.0 Å². The van der Waals surface area contributed by atoms with E-state index in [0.29, 0.717) is 17.9 Å². The van der Waals surface area contributed by atoms with Gasteiger partial charge in [0.15, 0.2) is 0 Å². The van der Waals surface area contributed by atoms with Gasteiger partial charge in [-0.15, -0.1) is 0 Å². The Labute approximate surface area is 183 Å². The lowest BCUT2D eigenvalue weighted by Gasteiger charge is -2.41. The molecule has 3 heterocycles. The van der Waals surface area contributed by atoms with Gasteiger partial charge in [-0.1, -0.05) is 23.7 Å². The molecule has 2 aromatic rings. The molecule has 0 spiro atoms. The van der Waals surface area contributed by atoms with E-state index in [-0.39, 0.29) is 29.9 Å². The van der Waals surface area contributed by atoms with Gasteiger partial charge in [-0.25, -0.2) is 4.98 Å². The van der Waals surface area contributed by atoms with Crippen molar-refractivity contribution in [3.8, 4) is 0 Å². The van der Waals surface area contributed by atoms with Crippen LogP contribution in [0.2, 0.25) is 5.02 Å². The molecule has 2 aliphatic heterocycles. The van der Waals surface area contributed by atoms with Crippen molar-refractivity contribution in [3.63, 3.8) is 0 Å². The molecule has 1 N–H and O–H groups in total. The Bertz CT molecular complexity index is 976. The number of hydrogen-bond donors (Lipinski definition) is 1. The predicted molar refractivity (Wildman–Crippen MR) is 112 cm³/mol. The summed E-state index contributed by atoms with van der Waals surface area (Å²) in [4.78, 5) is 19.1. The van der Waals surface area contributed by atoms with Crippen LogP contribution in [-0.2, 0) is 16.4 Å². The quantitative estimate of drug-likeness (QED) is 0.706. The highest BCUT2D eigenvalue weighted by atomic mass is 35.5. The normalized spacial score (nSPS) is 26.6. The van der Waals surface area contributed by atoms with Gasteiger partial charge in [-0.05, 0) is 68.4 Å². The average Bonchev–Trinajstić information content (AvgIpc) is 3.49. The van der Waals surface area contributed by atoms with E-state index in [9.17, 15) is 18.0 Å². The van der Waals surface area contributed by atoms with Gasteiger partial charge in [0.2, 0.25) is 5.91 Å². The summed E-state index contributed by atoms with van der Waals surface area (Å²) in [5, 5.41) is 3.85. The standard InChI is InChI=1S/C23H23ClF3N3O/c24-15-5-3-14(4-6-15)22(9-10-22)21(31)29-16-12-17-7-8-18(13-16)30(17)20-19(23(25,26)27)2-1-11-28-20/h1-6,11,16-18H,7-10,12-13H2,(H,29,31)/t16?,17-,18+. The van der Waals surface area contributed by atoms with Crippen LogP contribution in [-0.4, -0.2) is 29.0 Å². The monoisotopic (exact) mass is 449 g/mol. The lowest BCUT2D eigenvalue weighted by atomic mass is 9.92. The number of amides is 1. The number of fused-ring (bicyclic) bond motifs is 2. The fourth-order valence-electron chi connectivity index (χ4n) is 5.33. The number of carbonyl (C=O) groups is 1. The Balaban J connectivity index is 1.31. The second kappa shape index (κ2) is 7.40. The first-order valence-corrected chi connectivity index (χ1v) is 11.0. The van der Waals surface area contributed by atoms with E-state index >= 15 is 0 Å². The summed E-state index contributed by atoms with van der Waals surface area (Å²) >= 11 is 5.98. The fraction of sp³-hybridized carbons (Fsp3) is 0.478. The van der Waals surface area contributed by atoms with E-state index in [2.05, 4.69) is 10.3 Å². The third kappa shape index (κ3) is 3.67. The smallest absolute Gasteiger partial charge is 0.352 e. The average molecular weight is 450 g/mol. The van der Waals surface area contributed by atoms with E-state index in [1.807, 2.05) is 17.0 Å². The summed E-state index contributed by atoms with van der Waals surface area (Å²) in [5.74, 6) is 0.0357. The van der Waals surface area contributed by atoms with E-state index in [1.54, 1.807) is 12.1 Å². The van der Waals surface area contributed by atoms with Crippen molar-refractivity contribution in [2.45, 2.75) is 68.2 Å². The van der Waals surface area contributed by atoms with Crippen LogP contribution in [0.15, 0.2) is 42.6 Å². The lowest BCUT2D eigenvalue weighted by molar-refractivity contribution is -0.137. The zero-order chi connectivity index (χ0) is 21.8. The van der Waals surface area contributed by atoms with Gasteiger partial charge in [0.05, 0.1) is 11.0 Å². The first-order valence-electron chi connectivity index (χ1n) is 10.7. The number of hydrogen-bond acceptors (Lipinski definition) is 3. The summed E-state index contributed by atoms with van der Waals surface area (Å²) in [5.41, 5.74) is -0.210. The van der Waals surface area contributed by atoms with Crippen molar-refractivity contribution < 1.29 is 18.0 Å². The molecular formula is C23H23ClF3N3O. The molecule has 1 aromatic heterocycles. The molecule has 3 aliphatic rings. The number of alkyl halides is 3. The molecule has 1 unspecified atom stereocenters. The number of aromatic nitrogens is 1. The first-order chi connectivity index (χ1) is 14.8. The number of benzene rings is 1. The van der Waals surface area contributed by atoms with Crippen molar-refractivity contribution in [1.29, 1.82) is 0 Å². The minimum atomic E-state index is -4.44. The molecule has 3 fully saturated rings. The van der Waals surface area contributed by atoms with Crippen molar-refractivity contribution >= 4 is 23.3 Å². The molecule has 2 saturated heterocycles. The molecule has 2 bridgehead atoms. The molecule has 1 saturated carbocycles. The van der Waals surface area contributed by atoms with Gasteiger partial charge in [-0.2, -0.15) is 13.2 Å². The van der Waals surface area contributed by atoms with Crippen LogP contribution < -0.4 is 10.2 Å². The van der Waals surface area contributed by atoms with Gasteiger partial charge in [0, 0.05) is 29.3 Å². The maximum absolute atomic E-state index is 13.5. The molecule has 31 heavy (non-hydrogen) atoms. The van der Waals surface area contributed by atoms with Crippen molar-refractivity contribution in [2.24, 2.45) is 0 Å². The molecule has 164 valence electrons. The Morgan fingerprint density at radius 3 is 2.32 bits per heavy atom. The number of carbonyl (C=O) groups excluding carboxylic acids is 1. The minimum absolute atomic E-state index is 0.0153. The van der Waals surface area contributed by atoms with Crippen molar-refractivity contribution in [1.82, 2.24) is 10.3 Å². The third-order valence-corrected chi connectivity index (χ3v) is 7.24. The Morgan fingerprint density at radius 1 is 1.10 bits per heavy atom. The number of anilines is 1. The number of nitrogens with one attached hydrogen (secondary N) is 1. The summed E-state index contributed by atoms with van der Waals surface area (Å²) in [6, 6.07) is 9.69. The number of nitrogens with zero attached hydrogens (tertiary/aromatic N) is 2. The molecule has 1 amide bonds. The maximum atomic E-state index is 13.5.